The van der Waals surface area contributed by atoms with E-state index in [1.54, 1.807) is 18.2 Å². The number of benzene rings is 3. The molecule has 0 heterocycles. The summed E-state index contributed by atoms with van der Waals surface area (Å²) in [4.78, 5) is 20.5. The van der Waals surface area contributed by atoms with E-state index in [4.69, 9.17) is 4.89 Å². The third kappa shape index (κ3) is 4.15. The van der Waals surface area contributed by atoms with Crippen molar-refractivity contribution in [3.8, 4) is 33.8 Å². The summed E-state index contributed by atoms with van der Waals surface area (Å²) < 4.78 is 41.4. The van der Waals surface area contributed by atoms with E-state index in [9.17, 15) is 18.0 Å². The molecule has 0 aliphatic heterocycles. The quantitative estimate of drug-likeness (QED) is 0.234. The van der Waals surface area contributed by atoms with Crippen LogP contribution in [0.15, 0.2) is 73.3 Å². The van der Waals surface area contributed by atoms with E-state index in [-0.39, 0.29) is 5.75 Å². The average molecular weight is 412 g/mol. The Morgan fingerprint density at radius 1 is 0.867 bits per heavy atom. The van der Waals surface area contributed by atoms with Gasteiger partial charge in [0.1, 0.15) is 5.75 Å². The molecule has 0 atom stereocenters. The Morgan fingerprint density at radius 3 is 2.13 bits per heavy atom. The van der Waals surface area contributed by atoms with Crippen molar-refractivity contribution in [2.45, 2.75) is 12.8 Å². The topological polar surface area (TPSA) is 44.8 Å². The van der Waals surface area contributed by atoms with Crippen molar-refractivity contribution >= 4 is 5.97 Å². The largest absolute Gasteiger partial charge is 0.573 e. The van der Waals surface area contributed by atoms with Gasteiger partial charge in [-0.3, -0.25) is 4.89 Å². The first-order valence-corrected chi connectivity index (χ1v) is 8.96. The minimum atomic E-state index is -4.72. The lowest BCUT2D eigenvalue weighted by Gasteiger charge is -2.10. The molecule has 0 amide bonds. The van der Waals surface area contributed by atoms with Crippen molar-refractivity contribution in [3.63, 3.8) is 0 Å². The Hall–Kier alpha value is -3.74. The number of halogens is 3. The van der Waals surface area contributed by atoms with Gasteiger partial charge in [0, 0.05) is 6.08 Å². The van der Waals surface area contributed by atoms with Crippen molar-refractivity contribution in [2.75, 3.05) is 0 Å². The molecule has 0 fully saturated rings. The smallest absolute Gasteiger partial charge is 0.406 e. The van der Waals surface area contributed by atoms with Crippen molar-refractivity contribution in [1.29, 1.82) is 0 Å². The summed E-state index contributed by atoms with van der Waals surface area (Å²) in [6, 6.07) is 17.3. The predicted octanol–water partition coefficient (Wildman–Crippen LogP) is 5.85. The van der Waals surface area contributed by atoms with Crippen LogP contribution in [-0.4, -0.2) is 12.3 Å². The molecule has 3 aromatic rings. The molecule has 0 spiro atoms. The van der Waals surface area contributed by atoms with Crippen LogP contribution in [0.4, 0.5) is 13.2 Å². The minimum absolute atomic E-state index is 0.220. The molecule has 0 saturated carbocycles. The maximum Gasteiger partial charge on any atom is 0.573 e. The van der Waals surface area contributed by atoms with Gasteiger partial charge in [0.15, 0.2) is 5.75 Å². The Balaban J connectivity index is 1.53. The molecule has 4 rings (SSSR count). The summed E-state index contributed by atoms with van der Waals surface area (Å²) in [5.74, 6) is -0.553. The lowest BCUT2D eigenvalue weighted by atomic mass is 9.99. The summed E-state index contributed by atoms with van der Waals surface area (Å²) in [6.45, 7) is 3.28. The van der Waals surface area contributed by atoms with Crippen LogP contribution in [0.5, 0.6) is 11.5 Å². The normalized spacial score (nSPS) is 12.0. The third-order valence-electron chi connectivity index (χ3n) is 4.66. The molecule has 1 aliphatic carbocycles. The van der Waals surface area contributed by atoms with E-state index in [0.29, 0.717) is 12.2 Å². The van der Waals surface area contributed by atoms with Crippen LogP contribution < -0.4 is 9.62 Å². The summed E-state index contributed by atoms with van der Waals surface area (Å²) in [5.41, 5.74) is 5.56. The Labute approximate surface area is 170 Å². The number of rotatable bonds is 5. The highest BCUT2D eigenvalue weighted by Gasteiger charge is 2.31. The van der Waals surface area contributed by atoms with E-state index < -0.39 is 12.3 Å². The summed E-state index contributed by atoms with van der Waals surface area (Å²) in [6.07, 6.45) is -3.20. The molecule has 0 saturated heterocycles. The number of carbonyl (C=O) groups excluding carboxylic acids is 1. The molecule has 3 aromatic carbocycles. The Kier molecular flexibility index (Phi) is 4.95. The van der Waals surface area contributed by atoms with Crippen LogP contribution in [0.3, 0.4) is 0 Å². The van der Waals surface area contributed by atoms with Gasteiger partial charge < -0.3 is 4.74 Å². The molecule has 0 radical (unpaired) electrons. The monoisotopic (exact) mass is 412 g/mol. The van der Waals surface area contributed by atoms with E-state index in [1.807, 2.05) is 30.3 Å². The first kappa shape index (κ1) is 19.6. The second kappa shape index (κ2) is 7.59. The van der Waals surface area contributed by atoms with Gasteiger partial charge in [-0.1, -0.05) is 43.0 Å². The van der Waals surface area contributed by atoms with Crippen LogP contribution >= 0.6 is 0 Å². The average Bonchev–Trinajstić information content (AvgIpc) is 3.07. The zero-order chi connectivity index (χ0) is 21.3. The highest BCUT2D eigenvalue weighted by molar-refractivity contribution is 5.81. The third-order valence-corrected chi connectivity index (χ3v) is 4.66. The van der Waals surface area contributed by atoms with Gasteiger partial charge in [-0.25, -0.2) is 9.68 Å². The number of hydrogen-bond acceptors (Lipinski definition) is 4. The van der Waals surface area contributed by atoms with Crippen LogP contribution in [0.25, 0.3) is 22.3 Å². The summed E-state index contributed by atoms with van der Waals surface area (Å²) >= 11 is 0. The van der Waals surface area contributed by atoms with E-state index in [1.165, 1.54) is 12.1 Å². The van der Waals surface area contributed by atoms with Crippen molar-refractivity contribution in [2.24, 2.45) is 0 Å². The second-order valence-electron chi connectivity index (χ2n) is 6.63. The van der Waals surface area contributed by atoms with Gasteiger partial charge in [0.2, 0.25) is 0 Å². The highest BCUT2D eigenvalue weighted by Crippen LogP contribution is 2.40. The number of carbonyl (C=O) groups is 1. The van der Waals surface area contributed by atoms with Gasteiger partial charge in [0.05, 0.1) is 0 Å². The van der Waals surface area contributed by atoms with Gasteiger partial charge in [-0.05, 0) is 64.1 Å². The number of ether oxygens (including phenoxy) is 1. The van der Waals surface area contributed by atoms with E-state index in [0.717, 1.165) is 39.5 Å². The molecule has 1 aliphatic rings. The Morgan fingerprint density at radius 2 is 1.47 bits per heavy atom. The van der Waals surface area contributed by atoms with Crippen LogP contribution in [0, 0.1) is 0 Å². The second-order valence-corrected chi connectivity index (χ2v) is 6.63. The minimum Gasteiger partial charge on any atom is -0.406 e. The molecule has 7 heteroatoms. The maximum atomic E-state index is 12.5. The zero-order valence-electron chi connectivity index (χ0n) is 15.5. The lowest BCUT2D eigenvalue weighted by Crippen LogP contribution is -2.17. The van der Waals surface area contributed by atoms with E-state index in [2.05, 4.69) is 16.2 Å². The maximum absolute atomic E-state index is 12.5. The van der Waals surface area contributed by atoms with Gasteiger partial charge in [-0.15, -0.1) is 13.2 Å². The number of hydrogen-bond donors (Lipinski definition) is 0. The standard InChI is InChI=1S/C23H15F3O4/c1-2-22(27)30-29-18-6-3-14(4-7-18)15-5-9-20-16(11-15)12-17-13-19(8-10-21(17)20)28-23(24,25)26/h2-11,13H,1,12H2. The van der Waals surface area contributed by atoms with Crippen LogP contribution in [-0.2, 0) is 16.1 Å². The predicted molar refractivity (Wildman–Crippen MR) is 104 cm³/mol. The summed E-state index contributed by atoms with van der Waals surface area (Å²) in [7, 11) is 0. The fourth-order valence-electron chi connectivity index (χ4n) is 3.39. The zero-order valence-corrected chi connectivity index (χ0v) is 15.5. The molecule has 0 bridgehead atoms. The molecule has 0 N–H and O–H groups in total. The van der Waals surface area contributed by atoms with E-state index >= 15 is 0 Å². The molecule has 0 aromatic heterocycles. The van der Waals surface area contributed by atoms with Crippen LogP contribution in [0.2, 0.25) is 0 Å². The first-order valence-electron chi connectivity index (χ1n) is 8.96. The number of alkyl halides is 3. The number of fused-ring (bicyclic) bond motifs is 3. The van der Waals surface area contributed by atoms with Gasteiger partial charge in [-0.2, -0.15) is 0 Å². The fourth-order valence-corrected chi connectivity index (χ4v) is 3.39. The fraction of sp³-hybridized carbons (Fsp3) is 0.0870. The van der Waals surface area contributed by atoms with Crippen molar-refractivity contribution in [3.05, 3.63) is 84.4 Å². The first-order chi connectivity index (χ1) is 14.3. The molecule has 152 valence electrons. The summed E-state index contributed by atoms with van der Waals surface area (Å²) in [5, 5.41) is 0. The highest BCUT2D eigenvalue weighted by atomic mass is 19.4. The molecule has 4 nitrogen and oxygen atoms in total. The van der Waals surface area contributed by atoms with Crippen molar-refractivity contribution < 1.29 is 32.5 Å². The molecular formula is C23H15F3O4. The van der Waals surface area contributed by atoms with Gasteiger partial charge in [0.25, 0.3) is 0 Å². The van der Waals surface area contributed by atoms with Crippen LogP contribution in [0.1, 0.15) is 11.1 Å². The Bertz CT molecular complexity index is 1120. The van der Waals surface area contributed by atoms with Gasteiger partial charge >= 0.3 is 12.3 Å². The molecule has 0 unspecified atom stereocenters. The molecule has 30 heavy (non-hydrogen) atoms. The van der Waals surface area contributed by atoms with Crippen molar-refractivity contribution in [1.82, 2.24) is 0 Å². The SMILES string of the molecule is C=CC(=O)OOc1ccc(-c2ccc3c(c2)Cc2cc(OC(F)(F)F)ccc2-3)cc1. The molecular weight excluding hydrogens is 397 g/mol. The lowest BCUT2D eigenvalue weighted by molar-refractivity contribution is -0.274.